The molecule has 0 heterocycles. The van der Waals surface area contributed by atoms with Crippen LogP contribution < -0.4 is 19.1 Å². The fourth-order valence-corrected chi connectivity index (χ4v) is 4.65. The molecule has 0 saturated carbocycles. The number of nitrogens with zero attached hydrogens (tertiary/aromatic N) is 1. The molecule has 1 N–H and O–H groups in total. The fraction of sp³-hybridized carbons (Fsp3) is 0.435. The summed E-state index contributed by atoms with van der Waals surface area (Å²) in [6.07, 6.45) is 1.79. The van der Waals surface area contributed by atoms with Gasteiger partial charge in [0.05, 0.1) is 32.2 Å². The van der Waals surface area contributed by atoms with Crippen molar-refractivity contribution < 1.29 is 22.7 Å². The molecule has 170 valence electrons. The van der Waals surface area contributed by atoms with E-state index in [0.29, 0.717) is 17.4 Å². The minimum absolute atomic E-state index is 0.232. The van der Waals surface area contributed by atoms with Crippen molar-refractivity contribution in [1.29, 1.82) is 0 Å². The molecule has 2 atom stereocenters. The number of hydrogen-bond donors (Lipinski definition) is 1. The second-order valence-electron chi connectivity index (χ2n) is 7.87. The van der Waals surface area contributed by atoms with Gasteiger partial charge >= 0.3 is 0 Å². The second kappa shape index (κ2) is 10.5. The van der Waals surface area contributed by atoms with Crippen LogP contribution in [-0.4, -0.2) is 40.8 Å². The zero-order valence-corrected chi connectivity index (χ0v) is 19.8. The number of benzene rings is 2. The number of carbonyl (C=O) groups is 1. The Morgan fingerprint density at radius 2 is 1.68 bits per heavy atom. The van der Waals surface area contributed by atoms with Crippen LogP contribution in [0.5, 0.6) is 11.5 Å². The molecule has 0 aliphatic heterocycles. The van der Waals surface area contributed by atoms with Crippen LogP contribution in [0.3, 0.4) is 0 Å². The molecular formula is C23H32N2O5S. The smallest absolute Gasteiger partial charge is 0.244 e. The van der Waals surface area contributed by atoms with Crippen molar-refractivity contribution >= 4 is 21.6 Å². The molecule has 1 amide bonds. The van der Waals surface area contributed by atoms with Gasteiger partial charge in [-0.05, 0) is 37.0 Å². The van der Waals surface area contributed by atoms with Gasteiger partial charge in [0.15, 0.2) is 0 Å². The molecular weight excluding hydrogens is 416 g/mol. The van der Waals surface area contributed by atoms with Crippen LogP contribution in [0.2, 0.25) is 0 Å². The molecule has 0 aliphatic rings. The zero-order valence-electron chi connectivity index (χ0n) is 19.0. The van der Waals surface area contributed by atoms with Crippen LogP contribution in [0.25, 0.3) is 0 Å². The van der Waals surface area contributed by atoms with E-state index in [4.69, 9.17) is 9.47 Å². The highest BCUT2D eigenvalue weighted by Crippen LogP contribution is 2.35. The highest BCUT2D eigenvalue weighted by atomic mass is 32.2. The first kappa shape index (κ1) is 24.5. The maximum absolute atomic E-state index is 13.2. The van der Waals surface area contributed by atoms with Crippen LogP contribution in [-0.2, 0) is 14.8 Å². The number of methoxy groups -OCH3 is 2. The number of ether oxygens (including phenoxy) is 2. The number of nitrogens with one attached hydrogen (secondary N) is 1. The molecule has 0 bridgehead atoms. The molecule has 7 nitrogen and oxygen atoms in total. The summed E-state index contributed by atoms with van der Waals surface area (Å²) < 4.78 is 37.1. The first-order valence-electron chi connectivity index (χ1n) is 10.1. The SMILES string of the molecule is COc1ccc(OC)c(N([C@@H](C)C(=O)N[C@@H](CC(C)C)c2ccccc2)S(C)(=O)=O)c1. The first-order valence-corrected chi connectivity index (χ1v) is 12.0. The molecule has 0 spiro atoms. The molecule has 2 aromatic carbocycles. The van der Waals surface area contributed by atoms with Crippen molar-refractivity contribution in [3.8, 4) is 11.5 Å². The minimum Gasteiger partial charge on any atom is -0.497 e. The predicted octanol–water partition coefficient (Wildman–Crippen LogP) is 3.76. The normalized spacial score (nSPS) is 13.4. The number of anilines is 1. The van der Waals surface area contributed by atoms with Gasteiger partial charge in [-0.25, -0.2) is 8.42 Å². The summed E-state index contributed by atoms with van der Waals surface area (Å²) in [6, 6.07) is 13.3. The third-order valence-corrected chi connectivity index (χ3v) is 6.17. The van der Waals surface area contributed by atoms with E-state index in [1.54, 1.807) is 25.1 Å². The summed E-state index contributed by atoms with van der Waals surface area (Å²) in [5, 5.41) is 3.04. The Morgan fingerprint density at radius 3 is 2.19 bits per heavy atom. The van der Waals surface area contributed by atoms with Crippen molar-refractivity contribution in [2.75, 3.05) is 24.8 Å². The molecule has 0 unspecified atom stereocenters. The molecule has 2 aromatic rings. The highest BCUT2D eigenvalue weighted by molar-refractivity contribution is 7.92. The van der Waals surface area contributed by atoms with Gasteiger partial charge in [-0.1, -0.05) is 44.2 Å². The van der Waals surface area contributed by atoms with E-state index in [-0.39, 0.29) is 11.7 Å². The lowest BCUT2D eigenvalue weighted by atomic mass is 9.96. The van der Waals surface area contributed by atoms with Gasteiger partial charge in [-0.3, -0.25) is 9.10 Å². The summed E-state index contributed by atoms with van der Waals surface area (Å²) in [5.74, 6) is 0.724. The molecule has 31 heavy (non-hydrogen) atoms. The van der Waals surface area contributed by atoms with Gasteiger partial charge in [-0.15, -0.1) is 0 Å². The predicted molar refractivity (Wildman–Crippen MR) is 123 cm³/mol. The van der Waals surface area contributed by atoms with E-state index in [1.807, 2.05) is 30.3 Å². The van der Waals surface area contributed by atoms with Crippen molar-refractivity contribution in [3.05, 3.63) is 54.1 Å². The Labute approximate surface area is 185 Å². The first-order chi connectivity index (χ1) is 14.6. The van der Waals surface area contributed by atoms with Crippen molar-refractivity contribution in [1.82, 2.24) is 5.32 Å². The van der Waals surface area contributed by atoms with E-state index in [0.717, 1.165) is 22.5 Å². The van der Waals surface area contributed by atoms with Crippen LogP contribution in [0.4, 0.5) is 5.69 Å². The highest BCUT2D eigenvalue weighted by Gasteiger charge is 2.33. The Balaban J connectivity index is 2.41. The topological polar surface area (TPSA) is 84.9 Å². The summed E-state index contributed by atoms with van der Waals surface area (Å²) in [7, 11) is -0.868. The van der Waals surface area contributed by atoms with Gasteiger partial charge in [0.25, 0.3) is 0 Å². The van der Waals surface area contributed by atoms with Gasteiger partial charge < -0.3 is 14.8 Å². The zero-order chi connectivity index (χ0) is 23.2. The number of sulfonamides is 1. The van der Waals surface area contributed by atoms with E-state index in [9.17, 15) is 13.2 Å². The Kier molecular flexibility index (Phi) is 8.33. The average molecular weight is 449 g/mol. The van der Waals surface area contributed by atoms with Gasteiger partial charge in [0, 0.05) is 6.07 Å². The molecule has 8 heteroatoms. The lowest BCUT2D eigenvalue weighted by molar-refractivity contribution is -0.122. The third kappa shape index (κ3) is 6.37. The number of amides is 1. The molecule has 0 aliphatic carbocycles. The van der Waals surface area contributed by atoms with Crippen LogP contribution in [0.15, 0.2) is 48.5 Å². The standard InChI is InChI=1S/C23H32N2O5S/c1-16(2)14-20(18-10-8-7-9-11-18)24-23(26)17(3)25(31(6,27)28)21-15-19(29-4)12-13-22(21)30-5/h7-13,15-17,20H,14H2,1-6H3,(H,24,26)/t17-,20-/m0/s1. The van der Waals surface area contributed by atoms with Crippen LogP contribution in [0, 0.1) is 5.92 Å². The Hall–Kier alpha value is -2.74. The van der Waals surface area contributed by atoms with Crippen molar-refractivity contribution in [2.24, 2.45) is 5.92 Å². The summed E-state index contributed by atoms with van der Waals surface area (Å²) in [5.41, 5.74) is 1.22. The molecule has 0 radical (unpaired) electrons. The average Bonchev–Trinajstić information content (AvgIpc) is 2.72. The summed E-state index contributed by atoms with van der Waals surface area (Å²) in [4.78, 5) is 13.2. The lowest BCUT2D eigenvalue weighted by Gasteiger charge is -2.31. The molecule has 2 rings (SSSR count). The fourth-order valence-electron chi connectivity index (χ4n) is 3.48. The largest absolute Gasteiger partial charge is 0.497 e. The molecule has 0 fully saturated rings. The summed E-state index contributed by atoms with van der Waals surface area (Å²) >= 11 is 0. The molecule has 0 saturated heterocycles. The molecule has 0 aromatic heterocycles. The van der Waals surface area contributed by atoms with Crippen molar-refractivity contribution in [3.63, 3.8) is 0 Å². The van der Waals surface area contributed by atoms with Crippen molar-refractivity contribution in [2.45, 2.75) is 39.3 Å². The lowest BCUT2D eigenvalue weighted by Crippen LogP contribution is -2.48. The van der Waals surface area contributed by atoms with E-state index in [1.165, 1.54) is 14.2 Å². The van der Waals surface area contributed by atoms with Gasteiger partial charge in [0.1, 0.15) is 17.5 Å². The quantitative estimate of drug-likeness (QED) is 0.598. The number of hydrogen-bond acceptors (Lipinski definition) is 5. The third-order valence-electron chi connectivity index (χ3n) is 4.94. The maximum atomic E-state index is 13.2. The van der Waals surface area contributed by atoms with Gasteiger partial charge in [0.2, 0.25) is 15.9 Å². The van der Waals surface area contributed by atoms with Gasteiger partial charge in [-0.2, -0.15) is 0 Å². The number of carbonyl (C=O) groups excluding carboxylic acids is 1. The maximum Gasteiger partial charge on any atom is 0.244 e. The monoisotopic (exact) mass is 448 g/mol. The van der Waals surface area contributed by atoms with Crippen LogP contribution in [0.1, 0.15) is 38.8 Å². The minimum atomic E-state index is -3.81. The number of rotatable bonds is 10. The van der Waals surface area contributed by atoms with Crippen LogP contribution >= 0.6 is 0 Å². The summed E-state index contributed by atoms with van der Waals surface area (Å²) in [6.45, 7) is 5.72. The van der Waals surface area contributed by atoms with E-state index in [2.05, 4.69) is 19.2 Å². The second-order valence-corrected chi connectivity index (χ2v) is 9.73. The van der Waals surface area contributed by atoms with E-state index < -0.39 is 22.0 Å². The Bertz CT molecular complexity index is 977. The van der Waals surface area contributed by atoms with E-state index >= 15 is 0 Å². The Morgan fingerprint density at radius 1 is 1.03 bits per heavy atom.